The van der Waals surface area contributed by atoms with E-state index in [-0.39, 0.29) is 19.0 Å². The van der Waals surface area contributed by atoms with Crippen LogP contribution in [0.1, 0.15) is 19.4 Å². The fraction of sp³-hybridized carbons (Fsp3) is 0.435. The largest absolute Gasteiger partial charge is 0.494 e. The zero-order valence-electron chi connectivity index (χ0n) is 19.2. The smallest absolute Gasteiger partial charge is 0.416 e. The molecule has 34 heavy (non-hydrogen) atoms. The molecule has 7 nitrogen and oxygen atoms in total. The van der Waals surface area contributed by atoms with Gasteiger partial charge in [0.05, 0.1) is 24.1 Å². The molecular formula is C23H28F3N3O4S. The van der Waals surface area contributed by atoms with Crippen LogP contribution in [0.15, 0.2) is 48.5 Å². The van der Waals surface area contributed by atoms with Crippen LogP contribution >= 0.6 is 0 Å². The summed E-state index contributed by atoms with van der Waals surface area (Å²) >= 11 is 0. The van der Waals surface area contributed by atoms with Crippen molar-refractivity contribution in [3.63, 3.8) is 0 Å². The van der Waals surface area contributed by atoms with E-state index < -0.39 is 27.8 Å². The number of amides is 1. The Balaban J connectivity index is 1.71. The summed E-state index contributed by atoms with van der Waals surface area (Å²) in [6, 6.07) is 10.5. The standard InChI is InChI=1S/C23H28F3N3O4S/c1-4-33-21-10-8-19(9-11-21)29(34(3,31)32)17(2)22(30)28-14-12-27(13-15-28)20-7-5-6-18(16-20)23(24,25)26/h5-11,16-17H,4,12-15H2,1-3H3. The first-order valence-electron chi connectivity index (χ1n) is 10.8. The van der Waals surface area contributed by atoms with Gasteiger partial charge in [0, 0.05) is 31.9 Å². The van der Waals surface area contributed by atoms with Crippen LogP contribution in [0.2, 0.25) is 0 Å². The third-order valence-electron chi connectivity index (χ3n) is 5.60. The third kappa shape index (κ3) is 5.94. The summed E-state index contributed by atoms with van der Waals surface area (Å²) in [5, 5.41) is 0. The number of hydrogen-bond donors (Lipinski definition) is 0. The fourth-order valence-electron chi connectivity index (χ4n) is 3.99. The van der Waals surface area contributed by atoms with Crippen molar-refractivity contribution in [1.29, 1.82) is 0 Å². The second-order valence-corrected chi connectivity index (χ2v) is 9.88. The number of piperazine rings is 1. The molecule has 1 atom stereocenters. The van der Waals surface area contributed by atoms with Crippen LogP contribution in [0.4, 0.5) is 24.5 Å². The summed E-state index contributed by atoms with van der Waals surface area (Å²) in [7, 11) is -3.77. The SMILES string of the molecule is CCOc1ccc(N(C(C)C(=O)N2CCN(c3cccc(C(F)(F)F)c3)CC2)S(C)(=O)=O)cc1. The van der Waals surface area contributed by atoms with Crippen molar-refractivity contribution in [2.45, 2.75) is 26.1 Å². The van der Waals surface area contributed by atoms with Crippen LogP contribution in [0.3, 0.4) is 0 Å². The lowest BCUT2D eigenvalue weighted by atomic mass is 10.1. The first-order valence-corrected chi connectivity index (χ1v) is 12.7. The number of rotatable bonds is 7. The highest BCUT2D eigenvalue weighted by atomic mass is 32.2. The van der Waals surface area contributed by atoms with Gasteiger partial charge in [0.25, 0.3) is 0 Å². The summed E-state index contributed by atoms with van der Waals surface area (Å²) in [5.74, 6) is 0.215. The molecule has 2 aromatic carbocycles. The predicted octanol–water partition coefficient (Wildman–Crippen LogP) is 3.61. The summed E-state index contributed by atoms with van der Waals surface area (Å²) in [6.07, 6.45) is -3.39. The Kier molecular flexibility index (Phi) is 7.64. The zero-order valence-corrected chi connectivity index (χ0v) is 20.1. The van der Waals surface area contributed by atoms with E-state index in [9.17, 15) is 26.4 Å². The van der Waals surface area contributed by atoms with Crippen molar-refractivity contribution in [3.8, 4) is 5.75 Å². The molecule has 186 valence electrons. The lowest BCUT2D eigenvalue weighted by molar-refractivity contribution is -0.137. The van der Waals surface area contributed by atoms with Crippen molar-refractivity contribution >= 4 is 27.3 Å². The molecule has 1 aliphatic rings. The summed E-state index contributed by atoms with van der Waals surface area (Å²) in [6.45, 7) is 5.03. The Labute approximate surface area is 197 Å². The first kappa shape index (κ1) is 25.7. The number of carbonyl (C=O) groups is 1. The van der Waals surface area contributed by atoms with Crippen LogP contribution in [-0.2, 0) is 21.0 Å². The van der Waals surface area contributed by atoms with Crippen LogP contribution in [0.5, 0.6) is 5.75 Å². The summed E-state index contributed by atoms with van der Waals surface area (Å²) < 4.78 is 70.7. The molecule has 1 fully saturated rings. The first-order chi connectivity index (χ1) is 15.9. The Bertz CT molecular complexity index is 1100. The molecule has 1 saturated heterocycles. The van der Waals surface area contributed by atoms with Crippen LogP contribution in [-0.4, -0.2) is 64.3 Å². The minimum Gasteiger partial charge on any atom is -0.494 e. The molecule has 0 radical (unpaired) electrons. The molecule has 0 saturated carbocycles. The minimum absolute atomic E-state index is 0.264. The molecule has 0 aliphatic carbocycles. The monoisotopic (exact) mass is 499 g/mol. The van der Waals surface area contributed by atoms with E-state index in [4.69, 9.17) is 4.74 Å². The molecule has 2 aromatic rings. The van der Waals surface area contributed by atoms with Crippen molar-refractivity contribution in [3.05, 3.63) is 54.1 Å². The lowest BCUT2D eigenvalue weighted by Gasteiger charge is -2.39. The number of ether oxygens (including phenoxy) is 1. The van der Waals surface area contributed by atoms with Gasteiger partial charge in [-0.2, -0.15) is 13.2 Å². The maximum absolute atomic E-state index is 13.2. The van der Waals surface area contributed by atoms with Gasteiger partial charge < -0.3 is 14.5 Å². The molecule has 1 unspecified atom stereocenters. The van der Waals surface area contributed by atoms with E-state index in [1.165, 1.54) is 13.0 Å². The lowest BCUT2D eigenvalue weighted by Crippen LogP contribution is -2.55. The van der Waals surface area contributed by atoms with E-state index in [0.29, 0.717) is 36.8 Å². The number of sulfonamides is 1. The fourth-order valence-corrected chi connectivity index (χ4v) is 5.16. The molecule has 0 bridgehead atoms. The Morgan fingerprint density at radius 3 is 2.24 bits per heavy atom. The normalized spacial score (nSPS) is 15.7. The van der Waals surface area contributed by atoms with Gasteiger partial charge in [0.15, 0.2) is 0 Å². The van der Waals surface area contributed by atoms with Crippen molar-refractivity contribution in [2.24, 2.45) is 0 Å². The second kappa shape index (κ2) is 10.1. The highest BCUT2D eigenvalue weighted by Crippen LogP contribution is 2.32. The van der Waals surface area contributed by atoms with Gasteiger partial charge in [0.2, 0.25) is 15.9 Å². The van der Waals surface area contributed by atoms with Crippen LogP contribution < -0.4 is 13.9 Å². The van der Waals surface area contributed by atoms with E-state index in [2.05, 4.69) is 0 Å². The van der Waals surface area contributed by atoms with Gasteiger partial charge >= 0.3 is 6.18 Å². The molecule has 1 aliphatic heterocycles. The van der Waals surface area contributed by atoms with Gasteiger partial charge in [-0.1, -0.05) is 6.07 Å². The number of halogens is 3. The molecule has 1 heterocycles. The van der Waals surface area contributed by atoms with Gasteiger partial charge in [-0.25, -0.2) is 8.42 Å². The van der Waals surface area contributed by atoms with Gasteiger partial charge in [-0.3, -0.25) is 9.10 Å². The van der Waals surface area contributed by atoms with E-state index in [0.717, 1.165) is 22.7 Å². The number of hydrogen-bond acceptors (Lipinski definition) is 5. The zero-order chi connectivity index (χ0) is 25.1. The summed E-state index contributed by atoms with van der Waals surface area (Å²) in [4.78, 5) is 16.5. The van der Waals surface area contributed by atoms with E-state index >= 15 is 0 Å². The molecule has 0 N–H and O–H groups in total. The van der Waals surface area contributed by atoms with Gasteiger partial charge in [0.1, 0.15) is 11.8 Å². The molecular weight excluding hydrogens is 471 g/mol. The van der Waals surface area contributed by atoms with Crippen molar-refractivity contribution < 1.29 is 31.1 Å². The molecule has 0 spiro atoms. The van der Waals surface area contributed by atoms with E-state index in [1.54, 1.807) is 40.1 Å². The average Bonchev–Trinajstić information content (AvgIpc) is 2.79. The maximum atomic E-state index is 13.2. The number of anilines is 2. The van der Waals surface area contributed by atoms with E-state index in [1.807, 2.05) is 6.92 Å². The predicted molar refractivity (Wildman–Crippen MR) is 125 cm³/mol. The topological polar surface area (TPSA) is 70.2 Å². The third-order valence-corrected chi connectivity index (χ3v) is 6.84. The molecule has 1 amide bonds. The Hall–Kier alpha value is -2.95. The maximum Gasteiger partial charge on any atom is 0.416 e. The molecule has 0 aromatic heterocycles. The quantitative estimate of drug-likeness (QED) is 0.582. The average molecular weight is 500 g/mol. The Morgan fingerprint density at radius 1 is 1.09 bits per heavy atom. The second-order valence-electron chi connectivity index (χ2n) is 8.02. The van der Waals surface area contributed by atoms with Gasteiger partial charge in [-0.15, -0.1) is 0 Å². The van der Waals surface area contributed by atoms with Crippen molar-refractivity contribution in [2.75, 3.05) is 48.2 Å². The number of carbonyl (C=O) groups excluding carboxylic acids is 1. The number of alkyl halides is 3. The molecule has 11 heteroatoms. The molecule has 3 rings (SSSR count). The van der Waals surface area contributed by atoms with Gasteiger partial charge in [-0.05, 0) is 56.3 Å². The van der Waals surface area contributed by atoms with Crippen LogP contribution in [0.25, 0.3) is 0 Å². The number of nitrogens with zero attached hydrogens (tertiary/aromatic N) is 3. The number of benzene rings is 2. The van der Waals surface area contributed by atoms with Crippen molar-refractivity contribution in [1.82, 2.24) is 4.90 Å². The van der Waals surface area contributed by atoms with Crippen LogP contribution in [0, 0.1) is 0 Å². The highest BCUT2D eigenvalue weighted by Gasteiger charge is 2.34. The minimum atomic E-state index is -4.43. The summed E-state index contributed by atoms with van der Waals surface area (Å²) in [5.41, 5.74) is 0.0489. The Morgan fingerprint density at radius 2 is 1.71 bits per heavy atom. The highest BCUT2D eigenvalue weighted by molar-refractivity contribution is 7.92.